The molecule has 1 aliphatic heterocycles. The Hall–Kier alpha value is -1.16. The van der Waals surface area contributed by atoms with E-state index in [1.165, 1.54) is 25.9 Å². The lowest BCUT2D eigenvalue weighted by Gasteiger charge is -2.30. The fourth-order valence-corrected chi connectivity index (χ4v) is 2.33. The van der Waals surface area contributed by atoms with Gasteiger partial charge in [-0.3, -0.25) is 4.98 Å². The van der Waals surface area contributed by atoms with Crippen molar-refractivity contribution in [2.24, 2.45) is 0 Å². The van der Waals surface area contributed by atoms with Gasteiger partial charge in [0, 0.05) is 26.2 Å². The van der Waals surface area contributed by atoms with Crippen LogP contribution in [-0.4, -0.2) is 48.6 Å². The minimum Gasteiger partial charge on any atom is -0.361 e. The second kappa shape index (κ2) is 5.45. The van der Waals surface area contributed by atoms with E-state index in [0.717, 1.165) is 18.1 Å². The van der Waals surface area contributed by atoms with Crippen LogP contribution in [0.2, 0.25) is 0 Å². The summed E-state index contributed by atoms with van der Waals surface area (Å²) in [6.45, 7) is 5.77. The van der Waals surface area contributed by atoms with Crippen LogP contribution in [0.25, 0.3) is 0 Å². The molecule has 0 saturated carbocycles. The van der Waals surface area contributed by atoms with E-state index in [4.69, 9.17) is 4.98 Å². The highest BCUT2D eigenvalue weighted by Gasteiger charge is 2.21. The zero-order valence-electron chi connectivity index (χ0n) is 11.1. The molecule has 1 aromatic rings. The van der Waals surface area contributed by atoms with Crippen LogP contribution >= 0.6 is 0 Å². The van der Waals surface area contributed by atoms with Gasteiger partial charge in [0.2, 0.25) is 0 Å². The molecule has 2 rings (SSSR count). The number of aromatic nitrogens is 2. The molecule has 1 fully saturated rings. The lowest BCUT2D eigenvalue weighted by molar-refractivity contribution is 0.221. The molecule has 4 nitrogen and oxygen atoms in total. The first-order valence-electron chi connectivity index (χ1n) is 6.42. The van der Waals surface area contributed by atoms with Gasteiger partial charge in [0.15, 0.2) is 0 Å². The molecule has 2 heterocycles. The van der Waals surface area contributed by atoms with Crippen molar-refractivity contribution in [3.63, 3.8) is 0 Å². The van der Waals surface area contributed by atoms with Crippen molar-refractivity contribution >= 4 is 5.82 Å². The van der Waals surface area contributed by atoms with Crippen LogP contribution < -0.4 is 4.90 Å². The van der Waals surface area contributed by atoms with E-state index in [9.17, 15) is 0 Å². The average molecular weight is 234 g/mol. The van der Waals surface area contributed by atoms with Crippen molar-refractivity contribution in [2.45, 2.75) is 25.7 Å². The first-order valence-corrected chi connectivity index (χ1v) is 6.42. The third-order valence-corrected chi connectivity index (χ3v) is 3.55. The fourth-order valence-electron chi connectivity index (χ4n) is 2.33. The maximum absolute atomic E-state index is 4.69. The molecule has 0 radical (unpaired) electrons. The van der Waals surface area contributed by atoms with E-state index in [2.05, 4.69) is 16.8 Å². The van der Waals surface area contributed by atoms with E-state index in [1.54, 1.807) is 0 Å². The minimum atomic E-state index is 0.588. The molecule has 0 N–H and O–H groups in total. The fraction of sp³-hybridized carbons (Fsp3) is 0.692. The van der Waals surface area contributed by atoms with Crippen LogP contribution in [0.4, 0.5) is 5.82 Å². The summed E-state index contributed by atoms with van der Waals surface area (Å²) in [6, 6.07) is 0. The topological polar surface area (TPSA) is 32.3 Å². The molecule has 0 unspecified atom stereocenters. The third kappa shape index (κ3) is 2.94. The van der Waals surface area contributed by atoms with E-state index in [0.29, 0.717) is 5.92 Å². The van der Waals surface area contributed by atoms with Gasteiger partial charge in [-0.05, 0) is 32.5 Å². The molecular formula is C13H22N4. The summed E-state index contributed by atoms with van der Waals surface area (Å²) in [6.07, 6.45) is 6.17. The first kappa shape index (κ1) is 12.3. The molecule has 94 valence electrons. The second-order valence-corrected chi connectivity index (χ2v) is 4.91. The second-order valence-electron chi connectivity index (χ2n) is 4.91. The lowest BCUT2D eigenvalue weighted by atomic mass is 9.94. The number of likely N-dealkylation sites (tertiary alicyclic amines) is 1. The molecule has 0 aliphatic carbocycles. The standard InChI is InChI=1S/C13H22N4/c1-4-17-7-5-11(6-8-17)12-9-14-10-13(15-12)16(2)3/h9-11H,4-8H2,1-3H3. The Labute approximate surface area is 104 Å². The molecule has 0 atom stereocenters. The van der Waals surface area contributed by atoms with Crippen molar-refractivity contribution in [1.82, 2.24) is 14.9 Å². The normalized spacial score (nSPS) is 18.3. The van der Waals surface area contributed by atoms with Crippen molar-refractivity contribution in [3.8, 4) is 0 Å². The van der Waals surface area contributed by atoms with Crippen LogP contribution in [0.5, 0.6) is 0 Å². The number of anilines is 1. The summed E-state index contributed by atoms with van der Waals surface area (Å²) in [5.41, 5.74) is 1.16. The van der Waals surface area contributed by atoms with Gasteiger partial charge in [0.1, 0.15) is 5.82 Å². The van der Waals surface area contributed by atoms with Gasteiger partial charge < -0.3 is 9.80 Å². The predicted octanol–water partition coefficient (Wildman–Crippen LogP) is 1.74. The van der Waals surface area contributed by atoms with Crippen molar-refractivity contribution in [3.05, 3.63) is 18.1 Å². The third-order valence-electron chi connectivity index (χ3n) is 3.55. The summed E-state index contributed by atoms with van der Waals surface area (Å²) >= 11 is 0. The highest BCUT2D eigenvalue weighted by molar-refractivity contribution is 5.34. The summed E-state index contributed by atoms with van der Waals surface area (Å²) in [5, 5.41) is 0. The smallest absolute Gasteiger partial charge is 0.146 e. The predicted molar refractivity (Wildman–Crippen MR) is 70.4 cm³/mol. The Morgan fingerprint density at radius 2 is 2.00 bits per heavy atom. The maximum atomic E-state index is 4.69. The first-order chi connectivity index (χ1) is 8.20. The highest BCUT2D eigenvalue weighted by Crippen LogP contribution is 2.26. The number of hydrogen-bond donors (Lipinski definition) is 0. The van der Waals surface area contributed by atoms with Crippen LogP contribution in [-0.2, 0) is 0 Å². The Balaban J connectivity index is 2.05. The Bertz CT molecular complexity index is 356. The Morgan fingerprint density at radius 1 is 1.29 bits per heavy atom. The van der Waals surface area contributed by atoms with E-state index < -0.39 is 0 Å². The Morgan fingerprint density at radius 3 is 2.59 bits per heavy atom. The van der Waals surface area contributed by atoms with Crippen LogP contribution in [0.1, 0.15) is 31.4 Å². The van der Waals surface area contributed by atoms with E-state index in [1.807, 2.05) is 31.4 Å². The monoisotopic (exact) mass is 234 g/mol. The van der Waals surface area contributed by atoms with Crippen LogP contribution in [0, 0.1) is 0 Å². The van der Waals surface area contributed by atoms with Crippen LogP contribution in [0.15, 0.2) is 12.4 Å². The molecule has 0 bridgehead atoms. The molecule has 0 amide bonds. The summed E-state index contributed by atoms with van der Waals surface area (Å²) in [4.78, 5) is 13.5. The van der Waals surface area contributed by atoms with E-state index >= 15 is 0 Å². The summed E-state index contributed by atoms with van der Waals surface area (Å²) in [7, 11) is 4.01. The molecule has 17 heavy (non-hydrogen) atoms. The van der Waals surface area contributed by atoms with Gasteiger partial charge in [0.05, 0.1) is 11.9 Å². The zero-order valence-corrected chi connectivity index (χ0v) is 11.1. The zero-order chi connectivity index (χ0) is 12.3. The number of hydrogen-bond acceptors (Lipinski definition) is 4. The molecule has 1 saturated heterocycles. The molecule has 0 spiro atoms. The van der Waals surface area contributed by atoms with Gasteiger partial charge in [-0.2, -0.15) is 0 Å². The summed E-state index contributed by atoms with van der Waals surface area (Å²) in [5.74, 6) is 1.55. The van der Waals surface area contributed by atoms with Gasteiger partial charge in [-0.1, -0.05) is 6.92 Å². The van der Waals surface area contributed by atoms with Gasteiger partial charge in [-0.15, -0.1) is 0 Å². The minimum absolute atomic E-state index is 0.588. The largest absolute Gasteiger partial charge is 0.361 e. The molecule has 0 aromatic carbocycles. The van der Waals surface area contributed by atoms with Gasteiger partial charge in [0.25, 0.3) is 0 Å². The molecular weight excluding hydrogens is 212 g/mol. The van der Waals surface area contributed by atoms with Gasteiger partial charge in [-0.25, -0.2) is 4.98 Å². The van der Waals surface area contributed by atoms with Crippen molar-refractivity contribution in [2.75, 3.05) is 38.6 Å². The number of piperidine rings is 1. The quantitative estimate of drug-likeness (QED) is 0.797. The lowest BCUT2D eigenvalue weighted by Crippen LogP contribution is -2.33. The maximum Gasteiger partial charge on any atom is 0.146 e. The van der Waals surface area contributed by atoms with Crippen molar-refractivity contribution < 1.29 is 0 Å². The molecule has 4 heteroatoms. The molecule has 1 aromatic heterocycles. The SMILES string of the molecule is CCN1CCC(c2cncc(N(C)C)n2)CC1. The molecule has 1 aliphatic rings. The summed E-state index contributed by atoms with van der Waals surface area (Å²) < 4.78 is 0. The Kier molecular flexibility index (Phi) is 3.94. The highest BCUT2D eigenvalue weighted by atomic mass is 15.1. The van der Waals surface area contributed by atoms with Crippen molar-refractivity contribution in [1.29, 1.82) is 0 Å². The van der Waals surface area contributed by atoms with E-state index in [-0.39, 0.29) is 0 Å². The average Bonchev–Trinajstić information content (AvgIpc) is 2.39. The number of nitrogens with zero attached hydrogens (tertiary/aromatic N) is 4. The van der Waals surface area contributed by atoms with Crippen LogP contribution in [0.3, 0.4) is 0 Å². The van der Waals surface area contributed by atoms with Gasteiger partial charge >= 0.3 is 0 Å². The number of rotatable bonds is 3.